The number of carbonyl (C=O) groups excluding carboxylic acids is 1. The monoisotopic (exact) mass is 399 g/mol. The summed E-state index contributed by atoms with van der Waals surface area (Å²) in [5.74, 6) is -0.158. The van der Waals surface area contributed by atoms with Gasteiger partial charge in [0.25, 0.3) is 0 Å². The van der Waals surface area contributed by atoms with Gasteiger partial charge in [0, 0.05) is 11.1 Å². The van der Waals surface area contributed by atoms with Crippen LogP contribution in [0.4, 0.5) is 5.69 Å². The number of halogens is 1. The number of nitrogens with zero attached hydrogens (tertiary/aromatic N) is 1. The highest BCUT2D eigenvalue weighted by Crippen LogP contribution is 2.26. The van der Waals surface area contributed by atoms with Crippen LogP contribution in [0, 0.1) is 0 Å². The van der Waals surface area contributed by atoms with Crippen molar-refractivity contribution in [3.63, 3.8) is 0 Å². The fourth-order valence-electron chi connectivity index (χ4n) is 2.87. The number of benzene rings is 1. The number of carbonyl (C=O) groups is 1. The molecule has 140 valence electrons. The molecule has 3 aromatic rings. The van der Waals surface area contributed by atoms with Gasteiger partial charge < -0.3 is 5.32 Å². The highest BCUT2D eigenvalue weighted by Gasteiger charge is 2.16. The first-order chi connectivity index (χ1) is 13.2. The number of anilines is 1. The van der Waals surface area contributed by atoms with E-state index in [-0.39, 0.29) is 23.6 Å². The van der Waals surface area contributed by atoms with Crippen LogP contribution in [0.15, 0.2) is 60.1 Å². The summed E-state index contributed by atoms with van der Waals surface area (Å²) in [6.45, 7) is 2.35. The number of hydrogen-bond donors (Lipinski definition) is 2. The Kier molecular flexibility index (Phi) is 6.98. The average molecular weight is 400 g/mol. The molecular formula is C21H22ClN3OS. The maximum atomic E-state index is 12.4. The summed E-state index contributed by atoms with van der Waals surface area (Å²) in [6.07, 6.45) is 3.79. The van der Waals surface area contributed by atoms with Crippen molar-refractivity contribution < 1.29 is 4.79 Å². The van der Waals surface area contributed by atoms with Gasteiger partial charge in [-0.05, 0) is 41.1 Å². The first-order valence-corrected chi connectivity index (χ1v) is 10.2. The Hall–Kier alpha value is -2.21. The second-order valence-corrected chi connectivity index (χ2v) is 7.55. The molecule has 1 atom stereocenters. The molecule has 0 aliphatic rings. The van der Waals surface area contributed by atoms with Crippen LogP contribution >= 0.6 is 22.9 Å². The van der Waals surface area contributed by atoms with Crippen molar-refractivity contribution in [2.45, 2.75) is 25.8 Å². The number of aryl methyl sites for hydroxylation is 1. The van der Waals surface area contributed by atoms with E-state index < -0.39 is 0 Å². The fraction of sp³-hybridized carbons (Fsp3) is 0.238. The third-order valence-electron chi connectivity index (χ3n) is 4.18. The topological polar surface area (TPSA) is 54.0 Å². The third-order valence-corrected chi connectivity index (χ3v) is 5.42. The minimum absolute atomic E-state index is 0.0317. The second kappa shape index (κ2) is 9.65. The van der Waals surface area contributed by atoms with Gasteiger partial charge >= 0.3 is 0 Å². The molecule has 2 aromatic heterocycles. The maximum absolute atomic E-state index is 12.4. The molecule has 1 amide bonds. The second-order valence-electron chi connectivity index (χ2n) is 6.21. The Morgan fingerprint density at radius 1 is 1.19 bits per heavy atom. The number of nitrogens with one attached hydrogen (secondary N) is 2. The molecule has 0 aliphatic carbocycles. The van der Waals surface area contributed by atoms with Gasteiger partial charge in [-0.3, -0.25) is 10.1 Å². The molecule has 3 rings (SSSR count). The smallest absolute Gasteiger partial charge is 0.238 e. The van der Waals surface area contributed by atoms with Gasteiger partial charge in [-0.15, -0.1) is 11.3 Å². The molecule has 0 bridgehead atoms. The van der Waals surface area contributed by atoms with Gasteiger partial charge in [0.1, 0.15) is 0 Å². The van der Waals surface area contributed by atoms with Crippen LogP contribution in [0.1, 0.15) is 35.4 Å². The summed E-state index contributed by atoms with van der Waals surface area (Å²) < 4.78 is 0. The molecule has 1 aromatic carbocycles. The van der Waals surface area contributed by atoms with Crippen molar-refractivity contribution in [1.82, 2.24) is 10.3 Å². The molecule has 0 radical (unpaired) electrons. The Morgan fingerprint density at radius 2 is 2.00 bits per heavy atom. The summed E-state index contributed by atoms with van der Waals surface area (Å²) >= 11 is 7.68. The normalized spacial score (nSPS) is 11.9. The van der Waals surface area contributed by atoms with Crippen LogP contribution in [0.25, 0.3) is 0 Å². The average Bonchev–Trinajstić information content (AvgIpc) is 3.20. The van der Waals surface area contributed by atoms with Crippen molar-refractivity contribution in [3.05, 3.63) is 81.3 Å². The van der Waals surface area contributed by atoms with Crippen molar-refractivity contribution in [2.24, 2.45) is 0 Å². The molecule has 0 aliphatic heterocycles. The number of hydrogen-bond acceptors (Lipinski definition) is 4. The zero-order valence-electron chi connectivity index (χ0n) is 15.1. The number of aromatic nitrogens is 1. The van der Waals surface area contributed by atoms with Crippen molar-refractivity contribution in [2.75, 3.05) is 11.9 Å². The van der Waals surface area contributed by atoms with E-state index in [9.17, 15) is 4.79 Å². The van der Waals surface area contributed by atoms with E-state index in [0.29, 0.717) is 5.69 Å². The standard InChI is InChI=1S/C21H22ClN3OS/c1-2-5-15-8-10-16(11-9-15)20(18-7-4-13-27-18)24-14-19(26)25-17-6-3-12-23-21(17)22/h3-4,6-13,20,24H,2,5,14H2,1H3,(H,25,26)/t20-/m0/s1. The molecule has 6 heteroatoms. The summed E-state index contributed by atoms with van der Waals surface area (Å²) in [7, 11) is 0. The van der Waals surface area contributed by atoms with E-state index in [1.807, 2.05) is 11.4 Å². The summed E-state index contributed by atoms with van der Waals surface area (Å²) in [5, 5.41) is 8.49. The summed E-state index contributed by atoms with van der Waals surface area (Å²) in [5.41, 5.74) is 2.99. The van der Waals surface area contributed by atoms with Crippen molar-refractivity contribution >= 4 is 34.5 Å². The van der Waals surface area contributed by atoms with Crippen LogP contribution in [-0.2, 0) is 11.2 Å². The lowest BCUT2D eigenvalue weighted by atomic mass is 10.0. The minimum Gasteiger partial charge on any atom is -0.322 e. The van der Waals surface area contributed by atoms with Gasteiger partial charge in [0.15, 0.2) is 5.15 Å². The lowest BCUT2D eigenvalue weighted by molar-refractivity contribution is -0.115. The van der Waals surface area contributed by atoms with E-state index in [1.165, 1.54) is 10.4 Å². The Labute approximate surface area is 168 Å². The lowest BCUT2D eigenvalue weighted by Crippen LogP contribution is -2.31. The Bertz CT molecular complexity index is 865. The van der Waals surface area contributed by atoms with E-state index in [4.69, 9.17) is 11.6 Å². The van der Waals surface area contributed by atoms with Crippen LogP contribution in [0.3, 0.4) is 0 Å². The van der Waals surface area contributed by atoms with Crippen LogP contribution in [-0.4, -0.2) is 17.4 Å². The van der Waals surface area contributed by atoms with Gasteiger partial charge in [-0.2, -0.15) is 0 Å². The largest absolute Gasteiger partial charge is 0.322 e. The lowest BCUT2D eigenvalue weighted by Gasteiger charge is -2.18. The molecule has 0 saturated heterocycles. The summed E-state index contributed by atoms with van der Waals surface area (Å²) in [4.78, 5) is 17.5. The van der Waals surface area contributed by atoms with E-state index >= 15 is 0 Å². The number of thiophene rings is 1. The molecule has 2 heterocycles. The van der Waals surface area contributed by atoms with Crippen molar-refractivity contribution in [3.8, 4) is 0 Å². The fourth-order valence-corrected chi connectivity index (χ4v) is 3.87. The van der Waals surface area contributed by atoms with Crippen molar-refractivity contribution in [1.29, 1.82) is 0 Å². The van der Waals surface area contributed by atoms with Gasteiger partial charge in [0.05, 0.1) is 18.3 Å². The maximum Gasteiger partial charge on any atom is 0.238 e. The summed E-state index contributed by atoms with van der Waals surface area (Å²) in [6, 6.07) is 16.1. The first kappa shape index (κ1) is 19.5. The molecule has 0 unspecified atom stereocenters. The predicted molar refractivity (Wildman–Crippen MR) is 112 cm³/mol. The number of amides is 1. The third kappa shape index (κ3) is 5.39. The Morgan fingerprint density at radius 3 is 2.67 bits per heavy atom. The minimum atomic E-state index is -0.158. The van der Waals surface area contributed by atoms with Crippen LogP contribution in [0.2, 0.25) is 5.15 Å². The highest BCUT2D eigenvalue weighted by atomic mass is 35.5. The number of rotatable bonds is 8. The number of pyridine rings is 1. The molecule has 4 nitrogen and oxygen atoms in total. The van der Waals surface area contributed by atoms with E-state index in [1.54, 1.807) is 29.7 Å². The predicted octanol–water partition coefficient (Wildman–Crippen LogP) is 5.07. The van der Waals surface area contributed by atoms with E-state index in [0.717, 1.165) is 18.4 Å². The Balaban J connectivity index is 1.69. The SMILES string of the molecule is CCCc1ccc([C@H](NCC(=O)Nc2cccnc2Cl)c2cccs2)cc1. The zero-order chi connectivity index (χ0) is 19.1. The highest BCUT2D eigenvalue weighted by molar-refractivity contribution is 7.10. The van der Waals surface area contributed by atoms with Gasteiger partial charge in [-0.25, -0.2) is 4.98 Å². The molecule has 2 N–H and O–H groups in total. The van der Waals surface area contributed by atoms with Crippen LogP contribution < -0.4 is 10.6 Å². The van der Waals surface area contributed by atoms with Gasteiger partial charge in [0.2, 0.25) is 5.91 Å². The quantitative estimate of drug-likeness (QED) is 0.520. The first-order valence-electron chi connectivity index (χ1n) is 8.93. The van der Waals surface area contributed by atoms with Gasteiger partial charge in [-0.1, -0.05) is 55.3 Å². The molecule has 0 fully saturated rings. The zero-order valence-corrected chi connectivity index (χ0v) is 16.7. The molecular weight excluding hydrogens is 378 g/mol. The molecule has 0 spiro atoms. The molecule has 27 heavy (non-hydrogen) atoms. The molecule has 0 saturated carbocycles. The van der Waals surface area contributed by atoms with E-state index in [2.05, 4.69) is 52.9 Å². The van der Waals surface area contributed by atoms with Crippen LogP contribution in [0.5, 0.6) is 0 Å².